The molecule has 196 valence electrons. The average molecular weight is 556 g/mol. The minimum absolute atomic E-state index is 0.0951. The van der Waals surface area contributed by atoms with E-state index >= 15 is 0 Å². The van der Waals surface area contributed by atoms with Crippen LogP contribution in [0.15, 0.2) is 59.8 Å². The Bertz CT molecular complexity index is 1660. The van der Waals surface area contributed by atoms with Crippen LogP contribution >= 0.6 is 11.6 Å². The summed E-state index contributed by atoms with van der Waals surface area (Å²) in [5.74, 6) is 1.95. The van der Waals surface area contributed by atoms with E-state index in [1.165, 1.54) is 18.5 Å². The molecule has 4 aromatic rings. The van der Waals surface area contributed by atoms with Gasteiger partial charge in [0, 0.05) is 23.7 Å². The van der Waals surface area contributed by atoms with Crippen LogP contribution in [0.4, 0.5) is 27.7 Å². The molecule has 0 bridgehead atoms. The quantitative estimate of drug-likeness (QED) is 0.304. The van der Waals surface area contributed by atoms with Crippen LogP contribution < -0.4 is 30.2 Å². The summed E-state index contributed by atoms with van der Waals surface area (Å²) >= 11 is 6.45. The van der Waals surface area contributed by atoms with E-state index in [4.69, 9.17) is 25.8 Å². The van der Waals surface area contributed by atoms with Crippen LogP contribution in [-0.2, 0) is 9.84 Å². The molecule has 38 heavy (non-hydrogen) atoms. The normalized spacial score (nSPS) is 12.6. The molecule has 1 aromatic heterocycles. The van der Waals surface area contributed by atoms with Gasteiger partial charge in [0.05, 0.1) is 33.6 Å². The summed E-state index contributed by atoms with van der Waals surface area (Å²) < 4.78 is 40.6. The van der Waals surface area contributed by atoms with Crippen LogP contribution in [0.25, 0.3) is 10.9 Å². The number of anilines is 4. The second kappa shape index (κ2) is 10.2. The number of sulfone groups is 1. The van der Waals surface area contributed by atoms with Gasteiger partial charge < -0.3 is 30.2 Å². The zero-order chi connectivity index (χ0) is 26.9. The lowest BCUT2D eigenvalue weighted by atomic mass is 10.1. The molecule has 0 spiro atoms. The maximum atomic E-state index is 12.5. The summed E-state index contributed by atoms with van der Waals surface area (Å²) in [6.07, 6.45) is 2.51. The maximum absolute atomic E-state index is 12.5. The van der Waals surface area contributed by atoms with Crippen molar-refractivity contribution in [2.45, 2.75) is 4.90 Å². The van der Waals surface area contributed by atoms with Gasteiger partial charge in [-0.05, 0) is 36.4 Å². The van der Waals surface area contributed by atoms with Gasteiger partial charge in [-0.15, -0.1) is 0 Å². The fraction of sp³-hybridized carbons (Fsp3) is 0.160. The summed E-state index contributed by atoms with van der Waals surface area (Å²) in [6, 6.07) is 12.1. The lowest BCUT2D eigenvalue weighted by molar-refractivity contribution is 0.167. The van der Waals surface area contributed by atoms with Crippen LogP contribution in [0, 0.1) is 0 Å². The monoisotopic (exact) mass is 555 g/mol. The number of halogens is 1. The van der Waals surface area contributed by atoms with E-state index in [1.54, 1.807) is 43.5 Å². The van der Waals surface area contributed by atoms with Crippen LogP contribution in [0.5, 0.6) is 17.2 Å². The second-order valence-corrected chi connectivity index (χ2v) is 10.7. The molecule has 13 heteroatoms. The first-order valence-electron chi connectivity index (χ1n) is 11.3. The first kappa shape index (κ1) is 25.4. The van der Waals surface area contributed by atoms with Crippen molar-refractivity contribution in [1.29, 1.82) is 0 Å². The van der Waals surface area contributed by atoms with E-state index in [0.29, 0.717) is 64.2 Å². The molecule has 0 radical (unpaired) electrons. The van der Waals surface area contributed by atoms with Crippen LogP contribution in [0.2, 0.25) is 5.02 Å². The molecule has 0 aliphatic carbocycles. The van der Waals surface area contributed by atoms with Crippen LogP contribution in [0.1, 0.15) is 0 Å². The molecule has 5 rings (SSSR count). The Hall–Kier alpha value is -4.29. The van der Waals surface area contributed by atoms with Crippen molar-refractivity contribution in [3.8, 4) is 17.2 Å². The number of rotatable bonds is 6. The zero-order valence-corrected chi connectivity index (χ0v) is 21.8. The van der Waals surface area contributed by atoms with E-state index in [1.807, 2.05) is 0 Å². The minimum Gasteiger partial charge on any atom is -0.493 e. The molecule has 0 saturated heterocycles. The number of aromatic nitrogens is 2. The lowest BCUT2D eigenvalue weighted by Gasteiger charge is -2.23. The molecular weight excluding hydrogens is 534 g/mol. The Balaban J connectivity index is 1.36. The third kappa shape index (κ3) is 5.22. The molecule has 11 nitrogen and oxygen atoms in total. The Labute approximate surface area is 223 Å². The molecule has 0 unspecified atom stereocenters. The molecule has 2 amide bonds. The second-order valence-electron chi connectivity index (χ2n) is 8.25. The van der Waals surface area contributed by atoms with Gasteiger partial charge in [0.25, 0.3) is 0 Å². The Morgan fingerprint density at radius 1 is 1.00 bits per heavy atom. The number of amides is 2. The number of nitrogens with zero attached hydrogens (tertiary/aromatic N) is 2. The van der Waals surface area contributed by atoms with Crippen molar-refractivity contribution in [2.75, 3.05) is 42.5 Å². The van der Waals surface area contributed by atoms with Crippen LogP contribution in [0.3, 0.4) is 0 Å². The largest absolute Gasteiger partial charge is 0.493 e. The van der Waals surface area contributed by atoms with E-state index < -0.39 is 15.9 Å². The van der Waals surface area contributed by atoms with E-state index in [9.17, 15) is 13.2 Å². The maximum Gasteiger partial charge on any atom is 0.323 e. The van der Waals surface area contributed by atoms with Crippen molar-refractivity contribution in [3.63, 3.8) is 0 Å². The molecule has 1 aliphatic rings. The molecule has 3 N–H and O–H groups in total. The van der Waals surface area contributed by atoms with Gasteiger partial charge in [0.1, 0.15) is 25.4 Å². The number of carbonyl (C=O) groups excluding carboxylic acids is 1. The van der Waals surface area contributed by atoms with Gasteiger partial charge in [-0.25, -0.2) is 23.2 Å². The average Bonchev–Trinajstić information content (AvgIpc) is 2.89. The van der Waals surface area contributed by atoms with Crippen molar-refractivity contribution in [2.24, 2.45) is 0 Å². The van der Waals surface area contributed by atoms with Crippen molar-refractivity contribution >= 4 is 61.3 Å². The van der Waals surface area contributed by atoms with Gasteiger partial charge in [-0.2, -0.15) is 0 Å². The summed E-state index contributed by atoms with van der Waals surface area (Å²) in [5.41, 5.74) is 1.87. The highest BCUT2D eigenvalue weighted by molar-refractivity contribution is 7.90. The SMILES string of the molecule is COc1cc2ncnc(Nc3ccc(NC(=O)Nc4cccc(S(C)(=O)=O)c4)c(Cl)c3)c2c2c1OCCO2. The van der Waals surface area contributed by atoms with Gasteiger partial charge in [-0.3, -0.25) is 0 Å². The minimum atomic E-state index is -3.41. The summed E-state index contributed by atoms with van der Waals surface area (Å²) in [7, 11) is -1.86. The molecule has 0 saturated carbocycles. The lowest BCUT2D eigenvalue weighted by Crippen LogP contribution is -2.19. The Kier molecular flexibility index (Phi) is 6.83. The van der Waals surface area contributed by atoms with Crippen molar-refractivity contribution in [3.05, 3.63) is 59.9 Å². The molecule has 0 atom stereocenters. The third-order valence-corrected chi connectivity index (χ3v) is 7.02. The number of methoxy groups -OCH3 is 1. The van der Waals surface area contributed by atoms with E-state index in [2.05, 4.69) is 25.9 Å². The number of ether oxygens (including phenoxy) is 3. The molecular formula is C25H22ClN5O6S. The highest BCUT2D eigenvalue weighted by atomic mass is 35.5. The number of hydrogen-bond acceptors (Lipinski definition) is 9. The first-order valence-corrected chi connectivity index (χ1v) is 13.6. The van der Waals surface area contributed by atoms with Crippen molar-refractivity contribution < 1.29 is 27.4 Å². The molecule has 1 aliphatic heterocycles. The highest BCUT2D eigenvalue weighted by Crippen LogP contribution is 2.47. The Morgan fingerprint density at radius 3 is 2.53 bits per heavy atom. The number of carbonyl (C=O) groups is 1. The summed E-state index contributed by atoms with van der Waals surface area (Å²) in [6.45, 7) is 0.766. The molecule has 2 heterocycles. The number of fused-ring (bicyclic) bond motifs is 3. The van der Waals surface area contributed by atoms with E-state index in [0.717, 1.165) is 6.26 Å². The third-order valence-electron chi connectivity index (χ3n) is 5.60. The van der Waals surface area contributed by atoms with Gasteiger partial charge in [0.15, 0.2) is 21.3 Å². The van der Waals surface area contributed by atoms with Crippen molar-refractivity contribution in [1.82, 2.24) is 9.97 Å². The van der Waals surface area contributed by atoms with E-state index in [-0.39, 0.29) is 9.92 Å². The summed E-state index contributed by atoms with van der Waals surface area (Å²) in [5, 5.41) is 9.36. The van der Waals surface area contributed by atoms with Gasteiger partial charge in [-0.1, -0.05) is 17.7 Å². The predicted octanol–water partition coefficient (Wildman–Crippen LogP) is 4.85. The molecule has 3 aromatic carbocycles. The Morgan fingerprint density at radius 2 is 1.79 bits per heavy atom. The topological polar surface area (TPSA) is 141 Å². The van der Waals surface area contributed by atoms with Gasteiger partial charge >= 0.3 is 6.03 Å². The number of benzene rings is 3. The first-order chi connectivity index (χ1) is 18.2. The van der Waals surface area contributed by atoms with Crippen LogP contribution in [-0.4, -0.2) is 51.0 Å². The van der Waals surface area contributed by atoms with Gasteiger partial charge in [0.2, 0.25) is 5.75 Å². The fourth-order valence-electron chi connectivity index (χ4n) is 3.88. The predicted molar refractivity (Wildman–Crippen MR) is 144 cm³/mol. The molecule has 0 fully saturated rings. The smallest absolute Gasteiger partial charge is 0.323 e. The standard InChI is InChI=1S/C25H22ClN5O6S/c1-35-20-12-19-21(23-22(20)36-8-9-37-23)24(28-13-27-19)29-15-6-7-18(17(26)11-15)31-25(32)30-14-4-3-5-16(10-14)38(2,33)34/h3-7,10-13H,8-9H2,1-2H3,(H,27,28,29)(H2,30,31,32). The zero-order valence-electron chi connectivity index (χ0n) is 20.2. The fourth-order valence-corrected chi connectivity index (χ4v) is 4.77. The number of nitrogens with one attached hydrogen (secondary N) is 3. The number of hydrogen-bond donors (Lipinski definition) is 3. The number of urea groups is 1. The summed E-state index contributed by atoms with van der Waals surface area (Å²) in [4.78, 5) is 21.3. The highest BCUT2D eigenvalue weighted by Gasteiger charge is 2.24.